The maximum atomic E-state index is 10.6. The number of hydrogen-bond acceptors (Lipinski definition) is 4. The lowest BCUT2D eigenvalue weighted by molar-refractivity contribution is -0.0922. The van der Waals surface area contributed by atoms with Crippen molar-refractivity contribution in [1.82, 2.24) is 0 Å². The molecule has 2 rings (SSSR count). The third-order valence-corrected chi connectivity index (χ3v) is 11.3. The van der Waals surface area contributed by atoms with E-state index in [9.17, 15) is 10.2 Å². The summed E-state index contributed by atoms with van der Waals surface area (Å²) in [4.78, 5) is 0. The van der Waals surface area contributed by atoms with Gasteiger partial charge in [-0.05, 0) is 67.9 Å². The number of hydrogen-bond donors (Lipinski definition) is 2. The lowest BCUT2D eigenvalue weighted by Crippen LogP contribution is -2.40. The summed E-state index contributed by atoms with van der Waals surface area (Å²) >= 11 is 0. The van der Waals surface area contributed by atoms with E-state index in [4.69, 9.17) is 17.4 Å². The average molecular weight is 407 g/mol. The van der Waals surface area contributed by atoms with Crippen molar-refractivity contribution in [3.05, 3.63) is 0 Å². The molecule has 160 valence electrons. The normalized spacial score (nSPS) is 37.6. The van der Waals surface area contributed by atoms with E-state index in [1.165, 1.54) is 0 Å². The molecular formula is C22H44O4Si. The zero-order valence-corrected chi connectivity index (χ0v) is 18.9. The van der Waals surface area contributed by atoms with Crippen molar-refractivity contribution in [1.29, 1.82) is 0 Å². The molecule has 0 spiro atoms. The smallest absolute Gasteiger partial charge is 0.191 e. The summed E-state index contributed by atoms with van der Waals surface area (Å²) in [5, 5.41) is 20.2. The molecule has 2 aliphatic rings. The van der Waals surface area contributed by atoms with Gasteiger partial charge in [-0.2, -0.15) is 0 Å². The van der Waals surface area contributed by atoms with Crippen LogP contribution in [0.4, 0.5) is 0 Å². The zero-order valence-electron chi connectivity index (χ0n) is 23.9. The molecule has 2 unspecified atom stereocenters. The second kappa shape index (κ2) is 9.71. The summed E-state index contributed by atoms with van der Waals surface area (Å²) in [5.41, 5.74) is 0. The quantitative estimate of drug-likeness (QED) is 0.496. The zero-order chi connectivity index (χ0) is 25.6. The fourth-order valence-electron chi connectivity index (χ4n) is 4.07. The molecule has 4 nitrogen and oxygen atoms in total. The first kappa shape index (κ1) is 15.8. The molecule has 0 aromatic carbocycles. The molecule has 1 saturated carbocycles. The number of aliphatic hydroxyl groups excluding tert-OH is 2. The summed E-state index contributed by atoms with van der Waals surface area (Å²) in [6.45, 7) is 11.5. The Labute approximate surface area is 176 Å². The Hall–Kier alpha value is 0.0569. The van der Waals surface area contributed by atoms with Gasteiger partial charge in [0.15, 0.2) is 14.6 Å². The van der Waals surface area contributed by atoms with Crippen molar-refractivity contribution in [2.24, 2.45) is 17.8 Å². The van der Waals surface area contributed by atoms with Gasteiger partial charge in [0.1, 0.15) is 0 Å². The molecule has 5 heteroatoms. The highest BCUT2D eigenvalue weighted by Crippen LogP contribution is 2.47. The van der Waals surface area contributed by atoms with Crippen LogP contribution in [0.5, 0.6) is 0 Å². The van der Waals surface area contributed by atoms with Crippen LogP contribution in [0.1, 0.15) is 87.1 Å². The molecule has 0 aromatic rings. The van der Waals surface area contributed by atoms with Crippen LogP contribution in [-0.2, 0) is 9.16 Å². The van der Waals surface area contributed by atoms with Crippen molar-refractivity contribution >= 4 is 8.32 Å². The van der Waals surface area contributed by atoms with Gasteiger partial charge in [-0.15, -0.1) is 0 Å². The van der Waals surface area contributed by atoms with Crippen LogP contribution < -0.4 is 0 Å². The first-order chi connectivity index (χ1) is 14.7. The van der Waals surface area contributed by atoms with Crippen LogP contribution in [0.25, 0.3) is 0 Å². The topological polar surface area (TPSA) is 58.9 Å². The standard InChI is InChI=1S/C22H44O4Si/c1-16-14-20-19(15-21(24)26-20)18(16)12-11-17(23)10-8-7-9-13-25-27(5,6)22(2,3)4/h16-21,23-24H,7-15H2,1-6H3/t16-,17?,18+,19-,20+,21?/m1/s1/i7D2,8D2,9D2. The predicted molar refractivity (Wildman–Crippen MR) is 113 cm³/mol. The van der Waals surface area contributed by atoms with Crippen LogP contribution in [-0.4, -0.2) is 43.6 Å². The van der Waals surface area contributed by atoms with Gasteiger partial charge < -0.3 is 19.4 Å². The van der Waals surface area contributed by atoms with Crippen LogP contribution in [0, 0.1) is 17.8 Å². The molecule has 0 aromatic heterocycles. The van der Waals surface area contributed by atoms with Crippen molar-refractivity contribution in [2.75, 3.05) is 6.61 Å². The molecule has 2 fully saturated rings. The largest absolute Gasteiger partial charge is 0.417 e. The molecule has 27 heavy (non-hydrogen) atoms. The van der Waals surface area contributed by atoms with E-state index in [0.717, 1.165) is 6.42 Å². The molecule has 1 aliphatic carbocycles. The van der Waals surface area contributed by atoms with E-state index in [1.807, 2.05) is 33.9 Å². The minimum absolute atomic E-state index is 0.0332. The Balaban J connectivity index is 1.97. The van der Waals surface area contributed by atoms with Gasteiger partial charge in [0.05, 0.1) is 12.2 Å². The van der Waals surface area contributed by atoms with E-state index in [0.29, 0.717) is 25.2 Å². The summed E-state index contributed by atoms with van der Waals surface area (Å²) < 4.78 is 61.4. The Bertz CT molecular complexity index is 670. The molecule has 1 saturated heterocycles. The van der Waals surface area contributed by atoms with E-state index in [-0.39, 0.29) is 23.0 Å². The fourth-order valence-corrected chi connectivity index (χ4v) is 4.94. The van der Waals surface area contributed by atoms with E-state index < -0.39 is 52.9 Å². The Morgan fingerprint density at radius 3 is 2.56 bits per heavy atom. The second-order valence-electron chi connectivity index (χ2n) is 9.87. The molecule has 6 atom stereocenters. The number of fused-ring (bicyclic) bond motifs is 1. The van der Waals surface area contributed by atoms with Gasteiger partial charge in [-0.1, -0.05) is 40.4 Å². The fraction of sp³-hybridized carbons (Fsp3) is 1.00. The van der Waals surface area contributed by atoms with Crippen LogP contribution in [0.2, 0.25) is 18.1 Å². The van der Waals surface area contributed by atoms with Crippen LogP contribution in [0.3, 0.4) is 0 Å². The van der Waals surface area contributed by atoms with Crippen molar-refractivity contribution < 1.29 is 27.6 Å². The van der Waals surface area contributed by atoms with Gasteiger partial charge in [-0.3, -0.25) is 0 Å². The van der Waals surface area contributed by atoms with Gasteiger partial charge in [0.25, 0.3) is 0 Å². The molecule has 1 heterocycles. The van der Waals surface area contributed by atoms with Gasteiger partial charge >= 0.3 is 0 Å². The van der Waals surface area contributed by atoms with E-state index in [1.54, 1.807) is 0 Å². The van der Waals surface area contributed by atoms with Gasteiger partial charge in [-0.25, -0.2) is 0 Å². The maximum Gasteiger partial charge on any atom is 0.191 e. The Morgan fingerprint density at radius 2 is 1.89 bits per heavy atom. The molecule has 0 amide bonds. The predicted octanol–water partition coefficient (Wildman–Crippen LogP) is 5.09. The minimum Gasteiger partial charge on any atom is -0.417 e. The van der Waals surface area contributed by atoms with E-state index >= 15 is 0 Å². The van der Waals surface area contributed by atoms with E-state index in [2.05, 4.69) is 6.92 Å². The molecule has 2 N–H and O–H groups in total. The summed E-state index contributed by atoms with van der Waals surface area (Å²) in [6.07, 6.45) is -7.90. The van der Waals surface area contributed by atoms with Gasteiger partial charge in [0.2, 0.25) is 0 Å². The SMILES string of the molecule is [2H]C([2H])(CO[Si](C)(C)C(C)(C)C)C([2H])([2H])C([2H])([2H])CC(O)CC[C@@H]1[C@H]2CC(O)O[C@H]2C[C@H]1C. The highest BCUT2D eigenvalue weighted by atomic mass is 28.4. The molecule has 0 bridgehead atoms. The van der Waals surface area contributed by atoms with Crippen molar-refractivity contribution in [2.45, 2.75) is 116 Å². The number of rotatable bonds is 10. The third kappa shape index (κ3) is 6.53. The number of ether oxygens (including phenoxy) is 1. The average Bonchev–Trinajstić information content (AvgIpc) is 3.11. The van der Waals surface area contributed by atoms with Crippen molar-refractivity contribution in [3.8, 4) is 0 Å². The maximum absolute atomic E-state index is 10.6. The highest BCUT2D eigenvalue weighted by molar-refractivity contribution is 6.74. The minimum atomic E-state index is -2.85. The van der Waals surface area contributed by atoms with Crippen molar-refractivity contribution in [3.63, 3.8) is 0 Å². The number of aliphatic hydroxyl groups is 2. The van der Waals surface area contributed by atoms with Crippen LogP contribution >= 0.6 is 0 Å². The Morgan fingerprint density at radius 1 is 1.19 bits per heavy atom. The first-order valence-electron chi connectivity index (χ1n) is 13.4. The second-order valence-corrected chi connectivity index (χ2v) is 14.7. The summed E-state index contributed by atoms with van der Waals surface area (Å²) in [6, 6.07) is 0. The monoisotopic (exact) mass is 406 g/mol. The first-order valence-corrected chi connectivity index (χ1v) is 13.3. The summed E-state index contributed by atoms with van der Waals surface area (Å²) in [7, 11) is -2.34. The summed E-state index contributed by atoms with van der Waals surface area (Å²) in [5.74, 6) is 0.866. The molecule has 1 aliphatic heterocycles. The molecular weight excluding hydrogens is 356 g/mol. The van der Waals surface area contributed by atoms with Crippen LogP contribution in [0.15, 0.2) is 0 Å². The van der Waals surface area contributed by atoms with Gasteiger partial charge in [0, 0.05) is 21.3 Å². The lowest BCUT2D eigenvalue weighted by Gasteiger charge is -2.36. The Kier molecular flexibility index (Phi) is 5.69. The highest BCUT2D eigenvalue weighted by Gasteiger charge is 2.47. The molecule has 0 radical (unpaired) electrons. The third-order valence-electron chi connectivity index (χ3n) is 6.83. The lowest BCUT2D eigenvalue weighted by atomic mass is 9.83.